The van der Waals surface area contributed by atoms with Crippen molar-refractivity contribution < 1.29 is 4.74 Å². The van der Waals surface area contributed by atoms with Gasteiger partial charge in [0.1, 0.15) is 6.73 Å². The molecule has 5 heteroatoms. The molecule has 0 atom stereocenters. The van der Waals surface area contributed by atoms with E-state index in [0.717, 1.165) is 11.3 Å². The molecule has 2 aromatic rings. The second-order valence-electron chi connectivity index (χ2n) is 4.86. The summed E-state index contributed by atoms with van der Waals surface area (Å²) in [4.78, 5) is 12.2. The number of aromatic nitrogens is 2. The predicted octanol–water partition coefficient (Wildman–Crippen LogP) is 2.67. The maximum Gasteiger partial charge on any atom is 0.273 e. The summed E-state index contributed by atoms with van der Waals surface area (Å²) < 4.78 is 6.83. The smallest absolute Gasteiger partial charge is 0.273 e. The first-order valence-corrected chi connectivity index (χ1v) is 6.69. The summed E-state index contributed by atoms with van der Waals surface area (Å²) in [6.45, 7) is 7.91. The summed E-state index contributed by atoms with van der Waals surface area (Å²) in [5.41, 5.74) is 2.91. The Balaban J connectivity index is 2.03. The van der Waals surface area contributed by atoms with Crippen molar-refractivity contribution in [1.29, 1.82) is 0 Å². The van der Waals surface area contributed by atoms with Gasteiger partial charge in [-0.25, -0.2) is 4.68 Å². The molecule has 0 unspecified atom stereocenters. The second kappa shape index (κ2) is 6.85. The van der Waals surface area contributed by atoms with Crippen LogP contribution in [0.3, 0.4) is 0 Å². The summed E-state index contributed by atoms with van der Waals surface area (Å²) in [5, 5.41) is 7.11. The first-order valence-electron chi connectivity index (χ1n) is 6.69. The molecule has 110 valence electrons. The fourth-order valence-corrected chi connectivity index (χ4v) is 1.86. The van der Waals surface area contributed by atoms with E-state index < -0.39 is 0 Å². The highest BCUT2D eigenvalue weighted by molar-refractivity contribution is 5.50. The maximum absolute atomic E-state index is 12.2. The predicted molar refractivity (Wildman–Crippen MR) is 82.9 cm³/mol. The Labute approximate surface area is 123 Å². The summed E-state index contributed by atoms with van der Waals surface area (Å²) in [7, 11) is 0. The van der Waals surface area contributed by atoms with Crippen LogP contribution in [0.1, 0.15) is 18.1 Å². The topological polar surface area (TPSA) is 56.1 Å². The number of rotatable bonds is 6. The van der Waals surface area contributed by atoms with Crippen molar-refractivity contribution in [1.82, 2.24) is 9.78 Å². The number of ether oxygens (including phenoxy) is 1. The molecule has 0 radical (unpaired) electrons. The number of benzene rings is 1. The zero-order chi connectivity index (χ0) is 15.2. The Morgan fingerprint density at radius 1 is 1.38 bits per heavy atom. The van der Waals surface area contributed by atoms with Crippen LogP contribution in [0.25, 0.3) is 0 Å². The van der Waals surface area contributed by atoms with Crippen molar-refractivity contribution >= 4 is 5.69 Å². The highest BCUT2D eigenvalue weighted by Crippen LogP contribution is 2.10. The van der Waals surface area contributed by atoms with E-state index in [-0.39, 0.29) is 12.3 Å². The van der Waals surface area contributed by atoms with Crippen LogP contribution in [0.15, 0.2) is 53.6 Å². The van der Waals surface area contributed by atoms with Gasteiger partial charge in [-0.15, -0.1) is 0 Å². The molecular weight excluding hydrogens is 266 g/mol. The first-order chi connectivity index (χ1) is 10.1. The molecule has 1 aromatic heterocycles. The van der Waals surface area contributed by atoms with Gasteiger partial charge in [0.25, 0.3) is 5.56 Å². The van der Waals surface area contributed by atoms with Crippen LogP contribution in [0.2, 0.25) is 0 Å². The fourth-order valence-electron chi connectivity index (χ4n) is 1.86. The highest BCUT2D eigenvalue weighted by Gasteiger charge is 2.07. The Morgan fingerprint density at radius 2 is 2.10 bits per heavy atom. The van der Waals surface area contributed by atoms with Gasteiger partial charge in [0.2, 0.25) is 0 Å². The Kier molecular flexibility index (Phi) is 4.90. The van der Waals surface area contributed by atoms with E-state index in [1.54, 1.807) is 13.1 Å². The van der Waals surface area contributed by atoms with Gasteiger partial charge in [0.15, 0.2) is 0 Å². The van der Waals surface area contributed by atoms with Crippen LogP contribution < -0.4 is 10.9 Å². The third kappa shape index (κ3) is 4.03. The average Bonchev–Trinajstić information content (AvgIpc) is 2.47. The van der Waals surface area contributed by atoms with E-state index >= 15 is 0 Å². The van der Waals surface area contributed by atoms with Gasteiger partial charge in [-0.1, -0.05) is 36.9 Å². The van der Waals surface area contributed by atoms with Gasteiger partial charge in [-0.3, -0.25) is 4.79 Å². The van der Waals surface area contributed by atoms with Gasteiger partial charge in [-0.2, -0.15) is 5.10 Å². The van der Waals surface area contributed by atoms with Crippen LogP contribution in [-0.4, -0.2) is 9.78 Å². The van der Waals surface area contributed by atoms with Gasteiger partial charge < -0.3 is 10.1 Å². The third-order valence-electron chi connectivity index (χ3n) is 2.96. The van der Waals surface area contributed by atoms with Crippen LogP contribution in [0.5, 0.6) is 0 Å². The molecule has 0 aliphatic carbocycles. The Hall–Kier alpha value is -2.40. The largest absolute Gasteiger partial charge is 0.358 e. The monoisotopic (exact) mass is 285 g/mol. The van der Waals surface area contributed by atoms with E-state index in [2.05, 4.69) is 17.0 Å². The Bertz CT molecular complexity index is 678. The number of nitrogens with zero attached hydrogens (tertiary/aromatic N) is 2. The minimum atomic E-state index is -0.172. The zero-order valence-electron chi connectivity index (χ0n) is 12.3. The lowest BCUT2D eigenvalue weighted by Gasteiger charge is -2.11. The summed E-state index contributed by atoms with van der Waals surface area (Å²) in [5.74, 6) is 0. The second-order valence-corrected chi connectivity index (χ2v) is 4.86. The van der Waals surface area contributed by atoms with Crippen LogP contribution >= 0.6 is 0 Å². The van der Waals surface area contributed by atoms with E-state index in [9.17, 15) is 4.79 Å². The number of hydrogen-bond donors (Lipinski definition) is 1. The van der Waals surface area contributed by atoms with Crippen molar-refractivity contribution in [2.45, 2.75) is 27.2 Å². The molecule has 0 saturated heterocycles. The standard InChI is InChI=1S/C16H19N3O2/c1-12(2)18-15-9-17-19(16(20)13(15)3)11-21-10-14-7-5-4-6-8-14/h4-9,18H,1,10-11H2,2-3H3. The third-order valence-corrected chi connectivity index (χ3v) is 2.96. The number of hydrogen-bond acceptors (Lipinski definition) is 4. The molecular formula is C16H19N3O2. The number of allylic oxidation sites excluding steroid dienone is 1. The molecule has 0 fully saturated rings. The lowest BCUT2D eigenvalue weighted by Crippen LogP contribution is -2.26. The van der Waals surface area contributed by atoms with Crippen LogP contribution in [0, 0.1) is 6.92 Å². The van der Waals surface area contributed by atoms with Crippen molar-refractivity contribution in [2.24, 2.45) is 0 Å². The van der Waals surface area contributed by atoms with Gasteiger partial charge in [-0.05, 0) is 19.4 Å². The minimum Gasteiger partial charge on any atom is -0.358 e. The molecule has 0 aliphatic heterocycles. The summed E-state index contributed by atoms with van der Waals surface area (Å²) >= 11 is 0. The molecule has 0 amide bonds. The maximum atomic E-state index is 12.2. The molecule has 21 heavy (non-hydrogen) atoms. The summed E-state index contributed by atoms with van der Waals surface area (Å²) in [6, 6.07) is 9.80. The van der Waals surface area contributed by atoms with Gasteiger partial charge in [0, 0.05) is 11.3 Å². The van der Waals surface area contributed by atoms with Crippen molar-refractivity contribution in [2.75, 3.05) is 5.32 Å². The highest BCUT2D eigenvalue weighted by atomic mass is 16.5. The molecule has 1 heterocycles. The van der Waals surface area contributed by atoms with Gasteiger partial charge >= 0.3 is 0 Å². The SMILES string of the molecule is C=C(C)Nc1cnn(COCc2ccccc2)c(=O)c1C. The summed E-state index contributed by atoms with van der Waals surface area (Å²) in [6.07, 6.45) is 1.61. The Morgan fingerprint density at radius 3 is 2.76 bits per heavy atom. The first kappa shape index (κ1) is 15.0. The van der Waals surface area contributed by atoms with E-state index in [0.29, 0.717) is 17.9 Å². The lowest BCUT2D eigenvalue weighted by molar-refractivity contribution is 0.0527. The van der Waals surface area contributed by atoms with Crippen LogP contribution in [0.4, 0.5) is 5.69 Å². The fraction of sp³-hybridized carbons (Fsp3) is 0.250. The molecule has 2 rings (SSSR count). The van der Waals surface area contributed by atoms with Crippen molar-refractivity contribution in [3.63, 3.8) is 0 Å². The average molecular weight is 285 g/mol. The molecule has 0 aliphatic rings. The zero-order valence-corrected chi connectivity index (χ0v) is 12.3. The van der Waals surface area contributed by atoms with E-state index in [1.807, 2.05) is 37.3 Å². The molecule has 0 spiro atoms. The van der Waals surface area contributed by atoms with Gasteiger partial charge in [0.05, 0.1) is 18.5 Å². The van der Waals surface area contributed by atoms with Crippen molar-refractivity contribution in [3.8, 4) is 0 Å². The molecule has 0 saturated carbocycles. The normalized spacial score (nSPS) is 10.4. The lowest BCUT2D eigenvalue weighted by atomic mass is 10.2. The number of nitrogens with one attached hydrogen (secondary N) is 1. The molecule has 1 N–H and O–H groups in total. The number of anilines is 1. The van der Waals surface area contributed by atoms with E-state index in [4.69, 9.17) is 4.74 Å². The molecule has 0 bridgehead atoms. The quantitative estimate of drug-likeness (QED) is 0.886. The molecule has 1 aromatic carbocycles. The van der Waals surface area contributed by atoms with Crippen molar-refractivity contribution in [3.05, 3.63) is 70.3 Å². The van der Waals surface area contributed by atoms with Crippen LogP contribution in [-0.2, 0) is 18.1 Å². The molecule has 5 nitrogen and oxygen atoms in total. The minimum absolute atomic E-state index is 0.127. The van der Waals surface area contributed by atoms with E-state index in [1.165, 1.54) is 4.68 Å².